The number of carbonyl (C=O) groups excluding carboxylic acids is 1. The standard InChI is InChI=1S/C22H14ClN7O/c23-19-6-4-16(13-25-19)22(31)26-17-3-1-2-15(12-17)18-5-7-20-27-28-21(30(20)29-18)14-8-10-24-11-9-14/h1-13H,(H,26,31). The van der Waals surface area contributed by atoms with Crippen LogP contribution in [0.5, 0.6) is 0 Å². The van der Waals surface area contributed by atoms with Crippen LogP contribution in [0.4, 0.5) is 5.69 Å². The lowest BCUT2D eigenvalue weighted by molar-refractivity contribution is 0.102. The van der Waals surface area contributed by atoms with E-state index in [0.717, 1.165) is 11.1 Å². The molecule has 9 heteroatoms. The summed E-state index contributed by atoms with van der Waals surface area (Å²) in [5.74, 6) is 0.349. The minimum Gasteiger partial charge on any atom is -0.322 e. The summed E-state index contributed by atoms with van der Waals surface area (Å²) in [7, 11) is 0. The SMILES string of the molecule is O=C(Nc1cccc(-c2ccc3nnc(-c4ccncc4)n3n2)c1)c1ccc(Cl)nc1. The Morgan fingerprint density at radius 1 is 0.935 bits per heavy atom. The Bertz CT molecular complexity index is 1380. The fourth-order valence-electron chi connectivity index (χ4n) is 3.09. The van der Waals surface area contributed by atoms with Gasteiger partial charge in [0, 0.05) is 35.4 Å². The van der Waals surface area contributed by atoms with E-state index >= 15 is 0 Å². The van der Waals surface area contributed by atoms with Crippen LogP contribution in [-0.4, -0.2) is 35.7 Å². The average Bonchev–Trinajstić information content (AvgIpc) is 3.23. The Kier molecular flexibility index (Phi) is 4.81. The van der Waals surface area contributed by atoms with Gasteiger partial charge in [-0.05, 0) is 48.5 Å². The Hall–Kier alpha value is -4.17. The van der Waals surface area contributed by atoms with Crippen molar-refractivity contribution in [3.05, 3.63) is 90.0 Å². The van der Waals surface area contributed by atoms with Crippen molar-refractivity contribution >= 4 is 28.8 Å². The minimum absolute atomic E-state index is 0.275. The van der Waals surface area contributed by atoms with Gasteiger partial charge >= 0.3 is 0 Å². The maximum Gasteiger partial charge on any atom is 0.257 e. The second-order valence-corrected chi connectivity index (χ2v) is 7.04. The van der Waals surface area contributed by atoms with Crippen LogP contribution >= 0.6 is 11.6 Å². The van der Waals surface area contributed by atoms with Crippen LogP contribution in [0.3, 0.4) is 0 Å². The van der Waals surface area contributed by atoms with E-state index < -0.39 is 0 Å². The van der Waals surface area contributed by atoms with E-state index in [-0.39, 0.29) is 5.91 Å². The van der Waals surface area contributed by atoms with Crippen molar-refractivity contribution in [2.45, 2.75) is 0 Å². The molecule has 0 aliphatic rings. The monoisotopic (exact) mass is 427 g/mol. The highest BCUT2D eigenvalue weighted by molar-refractivity contribution is 6.29. The number of benzene rings is 1. The molecule has 0 aliphatic heterocycles. The number of halogens is 1. The van der Waals surface area contributed by atoms with Gasteiger partial charge in [-0.15, -0.1) is 10.2 Å². The fraction of sp³-hybridized carbons (Fsp3) is 0. The lowest BCUT2D eigenvalue weighted by atomic mass is 10.1. The maximum absolute atomic E-state index is 12.5. The zero-order valence-corrected chi connectivity index (χ0v) is 16.7. The molecule has 0 unspecified atom stereocenters. The number of pyridine rings is 2. The number of fused-ring (bicyclic) bond motifs is 1. The smallest absolute Gasteiger partial charge is 0.257 e. The van der Waals surface area contributed by atoms with Crippen LogP contribution in [0.1, 0.15) is 10.4 Å². The second-order valence-electron chi connectivity index (χ2n) is 6.65. The molecule has 150 valence electrons. The average molecular weight is 428 g/mol. The molecule has 0 radical (unpaired) electrons. The van der Waals surface area contributed by atoms with Crippen LogP contribution in [0.2, 0.25) is 5.15 Å². The summed E-state index contributed by atoms with van der Waals surface area (Å²) in [5, 5.41) is 16.3. The van der Waals surface area contributed by atoms with Crippen LogP contribution in [0, 0.1) is 0 Å². The molecule has 0 atom stereocenters. The Morgan fingerprint density at radius 2 is 1.81 bits per heavy atom. The first-order valence-corrected chi connectivity index (χ1v) is 9.71. The van der Waals surface area contributed by atoms with Crippen molar-refractivity contribution in [2.75, 3.05) is 5.32 Å². The van der Waals surface area contributed by atoms with Gasteiger partial charge in [-0.25, -0.2) is 4.98 Å². The van der Waals surface area contributed by atoms with Crippen LogP contribution < -0.4 is 5.32 Å². The Morgan fingerprint density at radius 3 is 2.61 bits per heavy atom. The Balaban J connectivity index is 1.46. The zero-order valence-electron chi connectivity index (χ0n) is 16.0. The number of anilines is 1. The molecular weight excluding hydrogens is 414 g/mol. The number of hydrogen-bond donors (Lipinski definition) is 1. The topological polar surface area (TPSA) is 98.0 Å². The summed E-state index contributed by atoms with van der Waals surface area (Å²) in [4.78, 5) is 20.5. The molecule has 4 aromatic heterocycles. The van der Waals surface area contributed by atoms with Crippen molar-refractivity contribution in [3.8, 4) is 22.6 Å². The van der Waals surface area contributed by atoms with Gasteiger partial charge in [-0.3, -0.25) is 9.78 Å². The summed E-state index contributed by atoms with van der Waals surface area (Å²) in [6.07, 6.45) is 4.83. The molecule has 0 aliphatic carbocycles. The largest absolute Gasteiger partial charge is 0.322 e. The molecule has 4 heterocycles. The summed E-state index contributed by atoms with van der Waals surface area (Å²) in [6.45, 7) is 0. The molecule has 0 fully saturated rings. The van der Waals surface area contributed by atoms with Gasteiger partial charge in [0.25, 0.3) is 5.91 Å². The molecule has 1 amide bonds. The van der Waals surface area contributed by atoms with Crippen LogP contribution in [-0.2, 0) is 0 Å². The highest BCUT2D eigenvalue weighted by Crippen LogP contribution is 2.23. The molecule has 8 nitrogen and oxygen atoms in total. The molecule has 1 aromatic carbocycles. The number of carbonyl (C=O) groups is 1. The zero-order chi connectivity index (χ0) is 21.2. The predicted octanol–water partition coefficient (Wildman–Crippen LogP) is 4.15. The normalized spacial score (nSPS) is 10.9. The van der Waals surface area contributed by atoms with Crippen molar-refractivity contribution in [1.29, 1.82) is 0 Å². The maximum atomic E-state index is 12.5. The third-order valence-electron chi connectivity index (χ3n) is 4.61. The number of rotatable bonds is 4. The molecule has 0 spiro atoms. The van der Waals surface area contributed by atoms with E-state index in [2.05, 4.69) is 25.5 Å². The van der Waals surface area contributed by atoms with E-state index in [1.54, 1.807) is 29.0 Å². The molecule has 0 saturated heterocycles. The summed E-state index contributed by atoms with van der Waals surface area (Å²) in [6, 6.07) is 18.1. The number of nitrogens with zero attached hydrogens (tertiary/aromatic N) is 6. The Labute approximate surface area is 181 Å². The summed E-state index contributed by atoms with van der Waals surface area (Å²) >= 11 is 5.78. The third-order valence-corrected chi connectivity index (χ3v) is 4.83. The van der Waals surface area contributed by atoms with Gasteiger partial charge in [0.1, 0.15) is 5.15 Å². The highest BCUT2D eigenvalue weighted by atomic mass is 35.5. The highest BCUT2D eigenvalue weighted by Gasteiger charge is 2.12. The van der Waals surface area contributed by atoms with Crippen molar-refractivity contribution in [1.82, 2.24) is 29.8 Å². The van der Waals surface area contributed by atoms with Crippen LogP contribution in [0.15, 0.2) is 79.3 Å². The number of nitrogens with one attached hydrogen (secondary N) is 1. The third kappa shape index (κ3) is 3.84. The molecule has 31 heavy (non-hydrogen) atoms. The van der Waals surface area contributed by atoms with Crippen molar-refractivity contribution < 1.29 is 4.79 Å². The van der Waals surface area contributed by atoms with Crippen molar-refractivity contribution in [2.24, 2.45) is 0 Å². The molecule has 0 saturated carbocycles. The van der Waals surface area contributed by atoms with E-state index in [1.165, 1.54) is 6.20 Å². The quantitative estimate of drug-likeness (QED) is 0.432. The van der Waals surface area contributed by atoms with Crippen molar-refractivity contribution in [3.63, 3.8) is 0 Å². The molecule has 1 N–H and O–H groups in total. The number of amides is 1. The van der Waals surface area contributed by atoms with Gasteiger partial charge in [-0.2, -0.15) is 9.61 Å². The number of hydrogen-bond acceptors (Lipinski definition) is 6. The van der Waals surface area contributed by atoms with Crippen LogP contribution in [0.25, 0.3) is 28.3 Å². The molecule has 5 rings (SSSR count). The molecule has 5 aromatic rings. The van der Waals surface area contributed by atoms with E-state index in [0.29, 0.717) is 33.6 Å². The molecular formula is C22H14ClN7O. The van der Waals surface area contributed by atoms with E-state index in [4.69, 9.17) is 16.7 Å². The fourth-order valence-corrected chi connectivity index (χ4v) is 3.21. The first-order valence-electron chi connectivity index (χ1n) is 9.33. The predicted molar refractivity (Wildman–Crippen MR) is 117 cm³/mol. The van der Waals surface area contributed by atoms with Gasteiger partial charge in [-0.1, -0.05) is 23.7 Å². The summed E-state index contributed by atoms with van der Waals surface area (Å²) in [5.41, 5.74) is 4.11. The number of aromatic nitrogens is 6. The van der Waals surface area contributed by atoms with Gasteiger partial charge < -0.3 is 5.32 Å². The van der Waals surface area contributed by atoms with Gasteiger partial charge in [0.15, 0.2) is 11.5 Å². The first-order chi connectivity index (χ1) is 15.2. The summed E-state index contributed by atoms with van der Waals surface area (Å²) < 4.78 is 1.69. The van der Waals surface area contributed by atoms with Gasteiger partial charge in [0.05, 0.1) is 11.3 Å². The lowest BCUT2D eigenvalue weighted by Gasteiger charge is -2.08. The van der Waals surface area contributed by atoms with Gasteiger partial charge in [0.2, 0.25) is 0 Å². The first kappa shape index (κ1) is 18.8. The van der Waals surface area contributed by atoms with E-state index in [9.17, 15) is 4.79 Å². The van der Waals surface area contributed by atoms with E-state index in [1.807, 2.05) is 48.5 Å². The second kappa shape index (κ2) is 7.92. The minimum atomic E-state index is -0.275. The lowest BCUT2D eigenvalue weighted by Crippen LogP contribution is -2.12. The molecule has 0 bridgehead atoms.